The normalized spacial score (nSPS) is 16.5. The fourth-order valence-corrected chi connectivity index (χ4v) is 5.18. The Morgan fingerprint density at radius 1 is 1.06 bits per heavy atom. The Labute approximate surface area is 195 Å². The zero-order chi connectivity index (χ0) is 22.8. The van der Waals surface area contributed by atoms with Crippen molar-refractivity contribution in [3.8, 4) is 11.3 Å². The van der Waals surface area contributed by atoms with E-state index < -0.39 is 0 Å². The number of hydrogen-bond donors (Lipinski definition) is 2. The number of aromatic nitrogens is 1. The maximum Gasteiger partial charge on any atom is 0.252 e. The molecule has 2 N–H and O–H groups in total. The van der Waals surface area contributed by atoms with Crippen molar-refractivity contribution in [1.29, 1.82) is 0 Å². The molecule has 3 aromatic rings. The van der Waals surface area contributed by atoms with E-state index in [1.54, 1.807) is 7.11 Å². The van der Waals surface area contributed by atoms with Crippen molar-refractivity contribution in [2.75, 3.05) is 40.4 Å². The van der Waals surface area contributed by atoms with Gasteiger partial charge in [-0.15, -0.1) is 0 Å². The molecule has 1 fully saturated rings. The second-order valence-corrected chi connectivity index (χ2v) is 9.53. The molecule has 2 aromatic carbocycles. The van der Waals surface area contributed by atoms with Crippen molar-refractivity contribution < 1.29 is 9.53 Å². The predicted molar refractivity (Wildman–Crippen MR) is 132 cm³/mol. The summed E-state index contributed by atoms with van der Waals surface area (Å²) in [7, 11) is 3.83. The summed E-state index contributed by atoms with van der Waals surface area (Å²) in [6, 6.07) is 13.3. The number of likely N-dealkylation sites (tertiary alicyclic amines) is 1. The standard InChI is InChI=1S/C27H34N4O2/c1-30(10-11-33-2)17-20-13-22-16-28-27(32)26(22)23(14-20)25-15-21-12-19(6-7-24(21)29-25)18-31-8-4-3-5-9-31/h6-7,12-15,29H,3-5,8-11,16-18H2,1-2H3,(H,28,32). The summed E-state index contributed by atoms with van der Waals surface area (Å²) in [4.78, 5) is 21.1. The van der Waals surface area contributed by atoms with E-state index in [1.807, 2.05) is 0 Å². The lowest BCUT2D eigenvalue weighted by Gasteiger charge is -2.26. The van der Waals surface area contributed by atoms with Crippen LogP contribution in [-0.4, -0.2) is 61.1 Å². The number of methoxy groups -OCH3 is 1. The van der Waals surface area contributed by atoms with Crippen molar-refractivity contribution in [3.63, 3.8) is 0 Å². The van der Waals surface area contributed by atoms with Crippen LogP contribution in [0.1, 0.15) is 46.3 Å². The fraction of sp³-hybridized carbons (Fsp3) is 0.444. The minimum Gasteiger partial charge on any atom is -0.383 e. The fourth-order valence-electron chi connectivity index (χ4n) is 5.18. The van der Waals surface area contributed by atoms with Gasteiger partial charge in [-0.1, -0.05) is 18.6 Å². The van der Waals surface area contributed by atoms with Gasteiger partial charge in [-0.2, -0.15) is 0 Å². The molecule has 2 aliphatic heterocycles. The third kappa shape index (κ3) is 4.83. The van der Waals surface area contributed by atoms with Gasteiger partial charge >= 0.3 is 0 Å². The number of amides is 1. The first-order valence-electron chi connectivity index (χ1n) is 12.1. The van der Waals surface area contributed by atoms with E-state index in [9.17, 15) is 4.79 Å². The summed E-state index contributed by atoms with van der Waals surface area (Å²) in [6.07, 6.45) is 3.97. The number of likely N-dealkylation sites (N-methyl/N-ethyl adjacent to an activating group) is 1. The summed E-state index contributed by atoms with van der Waals surface area (Å²) in [5.41, 5.74) is 7.56. The van der Waals surface area contributed by atoms with Crippen molar-refractivity contribution in [2.24, 2.45) is 0 Å². The minimum absolute atomic E-state index is 0.0173. The predicted octanol–water partition coefficient (Wildman–Crippen LogP) is 4.14. The molecule has 0 radical (unpaired) electrons. The molecule has 174 valence electrons. The second-order valence-electron chi connectivity index (χ2n) is 9.53. The number of H-pyrrole nitrogens is 1. The molecule has 0 aliphatic carbocycles. The first-order chi connectivity index (χ1) is 16.1. The quantitative estimate of drug-likeness (QED) is 0.546. The lowest BCUT2D eigenvalue weighted by Crippen LogP contribution is -2.28. The molecule has 3 heterocycles. The lowest BCUT2D eigenvalue weighted by atomic mass is 9.96. The van der Waals surface area contributed by atoms with Gasteiger partial charge in [0.05, 0.1) is 12.2 Å². The van der Waals surface area contributed by atoms with Gasteiger partial charge in [0.2, 0.25) is 0 Å². The molecule has 1 aromatic heterocycles. The van der Waals surface area contributed by atoms with Crippen LogP contribution >= 0.6 is 0 Å². The van der Waals surface area contributed by atoms with Crippen LogP contribution < -0.4 is 5.32 Å². The average molecular weight is 447 g/mol. The molecule has 1 saturated heterocycles. The topological polar surface area (TPSA) is 60.6 Å². The number of nitrogens with zero attached hydrogens (tertiary/aromatic N) is 2. The van der Waals surface area contributed by atoms with E-state index in [-0.39, 0.29) is 5.91 Å². The molecule has 0 atom stereocenters. The SMILES string of the molecule is COCCN(C)Cc1cc2c(c(-c3cc4cc(CN5CCCCC5)ccc4[nH]3)c1)C(=O)NC2. The van der Waals surface area contributed by atoms with Crippen molar-refractivity contribution in [3.05, 3.63) is 58.7 Å². The summed E-state index contributed by atoms with van der Waals surface area (Å²) in [6.45, 7) is 6.39. The summed E-state index contributed by atoms with van der Waals surface area (Å²) >= 11 is 0. The van der Waals surface area contributed by atoms with Gasteiger partial charge in [0.25, 0.3) is 5.91 Å². The van der Waals surface area contributed by atoms with E-state index in [2.05, 4.69) is 63.5 Å². The van der Waals surface area contributed by atoms with Crippen LogP contribution in [0.15, 0.2) is 36.4 Å². The number of piperidine rings is 1. The number of hydrogen-bond acceptors (Lipinski definition) is 4. The maximum atomic E-state index is 12.7. The number of carbonyl (C=O) groups is 1. The largest absolute Gasteiger partial charge is 0.383 e. The number of rotatable bonds is 8. The highest BCUT2D eigenvalue weighted by Gasteiger charge is 2.25. The van der Waals surface area contributed by atoms with Gasteiger partial charge in [-0.3, -0.25) is 14.6 Å². The van der Waals surface area contributed by atoms with E-state index >= 15 is 0 Å². The Bertz CT molecular complexity index is 1150. The number of carbonyl (C=O) groups excluding carboxylic acids is 1. The zero-order valence-corrected chi connectivity index (χ0v) is 19.7. The molecule has 0 saturated carbocycles. The molecular formula is C27H34N4O2. The molecule has 0 spiro atoms. The van der Waals surface area contributed by atoms with Gasteiger partial charge in [0.15, 0.2) is 0 Å². The molecule has 6 heteroatoms. The Kier molecular flexibility index (Phi) is 6.49. The van der Waals surface area contributed by atoms with Crippen LogP contribution in [0.25, 0.3) is 22.2 Å². The van der Waals surface area contributed by atoms with Gasteiger partial charge in [0, 0.05) is 55.4 Å². The number of nitrogens with one attached hydrogen (secondary N) is 2. The van der Waals surface area contributed by atoms with Gasteiger partial charge in [-0.25, -0.2) is 0 Å². The Morgan fingerprint density at radius 2 is 1.91 bits per heavy atom. The summed E-state index contributed by atoms with van der Waals surface area (Å²) in [5, 5.41) is 4.21. The Hall–Kier alpha value is -2.67. The van der Waals surface area contributed by atoms with Crippen LogP contribution in [0.3, 0.4) is 0 Å². The van der Waals surface area contributed by atoms with E-state index in [1.165, 1.54) is 48.9 Å². The van der Waals surface area contributed by atoms with Crippen LogP contribution in [0, 0.1) is 0 Å². The first-order valence-corrected chi connectivity index (χ1v) is 12.1. The number of fused-ring (bicyclic) bond motifs is 2. The molecule has 0 unspecified atom stereocenters. The molecule has 1 amide bonds. The Morgan fingerprint density at radius 3 is 2.73 bits per heavy atom. The molecule has 2 aliphatic rings. The third-order valence-electron chi connectivity index (χ3n) is 6.91. The van der Waals surface area contributed by atoms with Crippen molar-refractivity contribution >= 4 is 16.8 Å². The van der Waals surface area contributed by atoms with Crippen molar-refractivity contribution in [2.45, 2.75) is 38.9 Å². The third-order valence-corrected chi connectivity index (χ3v) is 6.91. The highest BCUT2D eigenvalue weighted by molar-refractivity contribution is 6.05. The number of benzene rings is 2. The van der Waals surface area contributed by atoms with Crippen LogP contribution in [0.5, 0.6) is 0 Å². The van der Waals surface area contributed by atoms with Gasteiger partial charge in [0.1, 0.15) is 0 Å². The lowest BCUT2D eigenvalue weighted by molar-refractivity contribution is 0.0966. The zero-order valence-electron chi connectivity index (χ0n) is 19.7. The smallest absolute Gasteiger partial charge is 0.252 e. The first kappa shape index (κ1) is 22.1. The van der Waals surface area contributed by atoms with Gasteiger partial charge in [-0.05, 0) is 73.9 Å². The molecule has 0 bridgehead atoms. The van der Waals surface area contributed by atoms with E-state index in [0.29, 0.717) is 13.2 Å². The maximum absolute atomic E-state index is 12.7. The van der Waals surface area contributed by atoms with E-state index in [4.69, 9.17) is 4.74 Å². The molecule has 33 heavy (non-hydrogen) atoms. The monoisotopic (exact) mass is 446 g/mol. The van der Waals surface area contributed by atoms with Crippen LogP contribution in [-0.2, 0) is 24.4 Å². The number of ether oxygens (including phenoxy) is 1. The number of aromatic amines is 1. The van der Waals surface area contributed by atoms with Crippen LogP contribution in [0.2, 0.25) is 0 Å². The molecular weight excluding hydrogens is 412 g/mol. The van der Waals surface area contributed by atoms with E-state index in [0.717, 1.165) is 47.5 Å². The highest BCUT2D eigenvalue weighted by atomic mass is 16.5. The average Bonchev–Trinajstić information content (AvgIpc) is 3.41. The van der Waals surface area contributed by atoms with Crippen molar-refractivity contribution in [1.82, 2.24) is 20.1 Å². The molecule has 5 rings (SSSR count). The summed E-state index contributed by atoms with van der Waals surface area (Å²) in [5.74, 6) is 0.0173. The molecule has 6 nitrogen and oxygen atoms in total. The second kappa shape index (κ2) is 9.67. The summed E-state index contributed by atoms with van der Waals surface area (Å²) < 4.78 is 5.22. The minimum atomic E-state index is 0.0173. The van der Waals surface area contributed by atoms with Gasteiger partial charge < -0.3 is 15.0 Å². The Balaban J connectivity index is 1.45. The highest BCUT2D eigenvalue weighted by Crippen LogP contribution is 2.33. The van der Waals surface area contributed by atoms with Crippen LogP contribution in [0.4, 0.5) is 0 Å².